The number of amides is 1. The molecule has 104 valence electrons. The quantitative estimate of drug-likeness (QED) is 0.791. The molecule has 0 radical (unpaired) electrons. The SMILES string of the molecule is COC(=O)C(C)CN(C)C(=O)c1cc(Cl)nnc1Cl. The van der Waals surface area contributed by atoms with Crippen LogP contribution in [0.4, 0.5) is 0 Å². The highest BCUT2D eigenvalue weighted by molar-refractivity contribution is 6.34. The maximum Gasteiger partial charge on any atom is 0.310 e. The molecule has 0 fully saturated rings. The molecule has 6 nitrogen and oxygen atoms in total. The molecule has 8 heteroatoms. The third kappa shape index (κ3) is 4.04. The molecular formula is C11H13Cl2N3O3. The standard InChI is InChI=1S/C11H13Cl2N3O3/c1-6(11(18)19-3)5-16(2)10(17)7-4-8(12)14-15-9(7)13/h4,6H,5H2,1-3H3. The van der Waals surface area contributed by atoms with E-state index in [1.165, 1.54) is 18.1 Å². The Hall–Kier alpha value is -1.40. The highest BCUT2D eigenvalue weighted by Gasteiger charge is 2.22. The number of esters is 1. The maximum absolute atomic E-state index is 12.1. The van der Waals surface area contributed by atoms with Crippen molar-refractivity contribution in [3.05, 3.63) is 21.9 Å². The van der Waals surface area contributed by atoms with E-state index >= 15 is 0 Å². The summed E-state index contributed by atoms with van der Waals surface area (Å²) in [5, 5.41) is 7.12. The Balaban J connectivity index is 2.82. The summed E-state index contributed by atoms with van der Waals surface area (Å²) >= 11 is 11.5. The fourth-order valence-electron chi connectivity index (χ4n) is 1.48. The molecule has 0 aliphatic carbocycles. The molecule has 0 N–H and O–H groups in total. The van der Waals surface area contributed by atoms with Crippen LogP contribution >= 0.6 is 23.2 Å². The van der Waals surface area contributed by atoms with Gasteiger partial charge >= 0.3 is 5.97 Å². The number of rotatable bonds is 4. The Morgan fingerprint density at radius 3 is 2.63 bits per heavy atom. The lowest BCUT2D eigenvalue weighted by Crippen LogP contribution is -2.34. The van der Waals surface area contributed by atoms with Gasteiger partial charge in [-0.05, 0) is 6.07 Å². The highest BCUT2D eigenvalue weighted by Crippen LogP contribution is 2.17. The first kappa shape index (κ1) is 15.7. The van der Waals surface area contributed by atoms with Gasteiger partial charge in [0.05, 0.1) is 18.6 Å². The van der Waals surface area contributed by atoms with Crippen molar-refractivity contribution in [2.24, 2.45) is 5.92 Å². The van der Waals surface area contributed by atoms with Crippen LogP contribution in [0.25, 0.3) is 0 Å². The van der Waals surface area contributed by atoms with Crippen molar-refractivity contribution >= 4 is 35.1 Å². The second-order valence-electron chi connectivity index (χ2n) is 3.98. The summed E-state index contributed by atoms with van der Waals surface area (Å²) in [5.74, 6) is -1.22. The molecule has 1 heterocycles. The smallest absolute Gasteiger partial charge is 0.310 e. The van der Waals surface area contributed by atoms with Crippen LogP contribution in [0, 0.1) is 5.92 Å². The zero-order chi connectivity index (χ0) is 14.6. The average Bonchev–Trinajstić information content (AvgIpc) is 2.39. The molecule has 19 heavy (non-hydrogen) atoms. The Bertz CT molecular complexity index is 496. The van der Waals surface area contributed by atoms with E-state index in [0.29, 0.717) is 0 Å². The summed E-state index contributed by atoms with van der Waals surface area (Å²) in [4.78, 5) is 24.8. The molecular weight excluding hydrogens is 293 g/mol. The first-order valence-corrected chi connectivity index (χ1v) is 6.14. The van der Waals surface area contributed by atoms with Crippen molar-refractivity contribution < 1.29 is 14.3 Å². The third-order valence-electron chi connectivity index (χ3n) is 2.45. The number of hydrogen-bond donors (Lipinski definition) is 0. The van der Waals surface area contributed by atoms with Gasteiger partial charge in [0.1, 0.15) is 0 Å². The van der Waals surface area contributed by atoms with E-state index in [2.05, 4.69) is 14.9 Å². The molecule has 0 aliphatic rings. The van der Waals surface area contributed by atoms with Crippen LogP contribution in [-0.4, -0.2) is 47.7 Å². The van der Waals surface area contributed by atoms with Crippen molar-refractivity contribution in [2.75, 3.05) is 20.7 Å². The molecule has 0 aromatic carbocycles. The second kappa shape index (κ2) is 6.68. The van der Waals surface area contributed by atoms with Gasteiger partial charge in [0.15, 0.2) is 10.3 Å². The van der Waals surface area contributed by atoms with Gasteiger partial charge in [0, 0.05) is 13.6 Å². The van der Waals surface area contributed by atoms with Crippen LogP contribution < -0.4 is 0 Å². The minimum absolute atomic E-state index is 0.0352. The lowest BCUT2D eigenvalue weighted by molar-refractivity contribution is -0.145. The Morgan fingerprint density at radius 2 is 2.05 bits per heavy atom. The Kier molecular flexibility index (Phi) is 5.50. The molecule has 0 saturated heterocycles. The van der Waals surface area contributed by atoms with Gasteiger partial charge in [0.25, 0.3) is 5.91 Å². The van der Waals surface area contributed by atoms with Gasteiger partial charge in [-0.15, -0.1) is 10.2 Å². The number of carbonyl (C=O) groups is 2. The van der Waals surface area contributed by atoms with Gasteiger partial charge in [-0.25, -0.2) is 0 Å². The number of carbonyl (C=O) groups excluding carboxylic acids is 2. The van der Waals surface area contributed by atoms with E-state index in [4.69, 9.17) is 23.2 Å². The predicted octanol–water partition coefficient (Wildman–Crippen LogP) is 1.66. The maximum atomic E-state index is 12.1. The number of nitrogens with zero attached hydrogens (tertiary/aromatic N) is 3. The molecule has 0 saturated carbocycles. The minimum Gasteiger partial charge on any atom is -0.469 e. The number of halogens is 2. The van der Waals surface area contributed by atoms with Gasteiger partial charge in [-0.2, -0.15) is 0 Å². The van der Waals surface area contributed by atoms with Crippen molar-refractivity contribution in [3.8, 4) is 0 Å². The fourth-order valence-corrected chi connectivity index (χ4v) is 1.80. The monoisotopic (exact) mass is 305 g/mol. The number of ether oxygens (including phenoxy) is 1. The van der Waals surface area contributed by atoms with Crippen LogP contribution in [0.1, 0.15) is 17.3 Å². The summed E-state index contributed by atoms with van der Waals surface area (Å²) in [6.45, 7) is 1.86. The van der Waals surface area contributed by atoms with Crippen molar-refractivity contribution in [1.29, 1.82) is 0 Å². The van der Waals surface area contributed by atoms with Gasteiger partial charge in [-0.3, -0.25) is 9.59 Å². The molecule has 0 bridgehead atoms. The number of methoxy groups -OCH3 is 1. The first-order valence-electron chi connectivity index (χ1n) is 5.38. The topological polar surface area (TPSA) is 72.4 Å². The molecule has 0 aliphatic heterocycles. The molecule has 1 unspecified atom stereocenters. The zero-order valence-corrected chi connectivity index (χ0v) is 12.2. The molecule has 1 amide bonds. The van der Waals surface area contributed by atoms with Crippen LogP contribution in [-0.2, 0) is 9.53 Å². The Labute approximate surface area is 120 Å². The van der Waals surface area contributed by atoms with Gasteiger partial charge in [-0.1, -0.05) is 30.1 Å². The van der Waals surface area contributed by atoms with E-state index in [1.807, 2.05) is 0 Å². The van der Waals surface area contributed by atoms with Crippen LogP contribution in [0.5, 0.6) is 0 Å². The second-order valence-corrected chi connectivity index (χ2v) is 4.73. The van der Waals surface area contributed by atoms with Crippen LogP contribution in [0.3, 0.4) is 0 Å². The third-order valence-corrected chi connectivity index (χ3v) is 2.91. The molecule has 0 spiro atoms. The van der Waals surface area contributed by atoms with E-state index in [-0.39, 0.29) is 22.4 Å². The summed E-state index contributed by atoms with van der Waals surface area (Å²) in [5.41, 5.74) is 0.140. The summed E-state index contributed by atoms with van der Waals surface area (Å²) in [6.07, 6.45) is 0. The van der Waals surface area contributed by atoms with Crippen molar-refractivity contribution in [3.63, 3.8) is 0 Å². The van der Waals surface area contributed by atoms with Gasteiger partial charge < -0.3 is 9.64 Å². The van der Waals surface area contributed by atoms with Crippen LogP contribution in [0.15, 0.2) is 6.07 Å². The summed E-state index contributed by atoms with van der Waals surface area (Å²) < 4.78 is 4.59. The van der Waals surface area contributed by atoms with Crippen LogP contribution in [0.2, 0.25) is 10.3 Å². The lowest BCUT2D eigenvalue weighted by atomic mass is 10.1. The molecule has 1 rings (SSSR count). The average molecular weight is 306 g/mol. The van der Waals surface area contributed by atoms with Crippen molar-refractivity contribution in [1.82, 2.24) is 15.1 Å². The molecule has 1 aromatic rings. The summed E-state index contributed by atoms with van der Waals surface area (Å²) in [6, 6.07) is 1.33. The molecule has 1 aromatic heterocycles. The van der Waals surface area contributed by atoms with Gasteiger partial charge in [0.2, 0.25) is 0 Å². The van der Waals surface area contributed by atoms with E-state index in [1.54, 1.807) is 14.0 Å². The number of aromatic nitrogens is 2. The normalized spacial score (nSPS) is 11.8. The molecule has 1 atom stereocenters. The zero-order valence-electron chi connectivity index (χ0n) is 10.7. The summed E-state index contributed by atoms with van der Waals surface area (Å²) in [7, 11) is 2.84. The van der Waals surface area contributed by atoms with E-state index in [0.717, 1.165) is 0 Å². The first-order chi connectivity index (χ1) is 8.86. The highest BCUT2D eigenvalue weighted by atomic mass is 35.5. The Morgan fingerprint density at radius 1 is 1.42 bits per heavy atom. The lowest BCUT2D eigenvalue weighted by Gasteiger charge is -2.20. The van der Waals surface area contributed by atoms with E-state index in [9.17, 15) is 9.59 Å². The van der Waals surface area contributed by atoms with Crippen molar-refractivity contribution in [2.45, 2.75) is 6.92 Å². The largest absolute Gasteiger partial charge is 0.469 e. The predicted molar refractivity (Wildman–Crippen MR) is 70.2 cm³/mol. The number of hydrogen-bond acceptors (Lipinski definition) is 5. The van der Waals surface area contributed by atoms with E-state index < -0.39 is 17.8 Å². The fraction of sp³-hybridized carbons (Fsp3) is 0.455. The minimum atomic E-state index is -0.442.